The highest BCUT2D eigenvalue weighted by molar-refractivity contribution is 7.90. The van der Waals surface area contributed by atoms with Gasteiger partial charge in [-0.2, -0.15) is 0 Å². The second kappa shape index (κ2) is 5.95. The van der Waals surface area contributed by atoms with Gasteiger partial charge >= 0.3 is 0 Å². The van der Waals surface area contributed by atoms with Crippen molar-refractivity contribution in [2.24, 2.45) is 0 Å². The van der Waals surface area contributed by atoms with Gasteiger partial charge in [0.15, 0.2) is 9.84 Å². The summed E-state index contributed by atoms with van der Waals surface area (Å²) in [5, 5.41) is 0. The minimum absolute atomic E-state index is 0.0343. The molecule has 0 atom stereocenters. The molecule has 4 nitrogen and oxygen atoms in total. The van der Waals surface area contributed by atoms with Crippen molar-refractivity contribution in [3.8, 4) is 0 Å². The highest BCUT2D eigenvalue weighted by Crippen LogP contribution is 2.35. The van der Waals surface area contributed by atoms with Gasteiger partial charge in [-0.25, -0.2) is 17.2 Å². The second-order valence-electron chi connectivity index (χ2n) is 5.77. The van der Waals surface area contributed by atoms with Gasteiger partial charge in [-0.3, -0.25) is 4.79 Å². The Labute approximate surface area is 129 Å². The maximum absolute atomic E-state index is 13.2. The number of sulfone groups is 1. The largest absolute Gasteiger partial charge is 0.339 e. The summed E-state index contributed by atoms with van der Waals surface area (Å²) >= 11 is 0. The molecule has 0 unspecified atom stereocenters. The van der Waals surface area contributed by atoms with Gasteiger partial charge in [0, 0.05) is 32.2 Å². The monoisotopic (exact) mass is 331 g/mol. The zero-order valence-corrected chi connectivity index (χ0v) is 13.4. The molecule has 122 valence electrons. The highest BCUT2D eigenvalue weighted by Gasteiger charge is 2.37. The Morgan fingerprint density at radius 2 is 1.77 bits per heavy atom. The second-order valence-corrected chi connectivity index (χ2v) is 7.76. The normalized spacial score (nSPS) is 18.9. The molecule has 1 aromatic rings. The molecule has 0 heterocycles. The summed E-state index contributed by atoms with van der Waals surface area (Å²) in [6.07, 6.45) is 0.985. The van der Waals surface area contributed by atoms with Gasteiger partial charge in [0.05, 0.1) is 10.5 Å². The molecule has 0 spiro atoms. The van der Waals surface area contributed by atoms with Gasteiger partial charge in [0.1, 0.15) is 0 Å². The SMILES string of the molecule is CN(C(=O)c1ccccc1S(C)(=O)=O)C1CCC(F)(F)CC1. The molecule has 2 rings (SSSR count). The Balaban J connectivity index is 2.22. The van der Waals surface area contributed by atoms with Crippen molar-refractivity contribution in [1.29, 1.82) is 0 Å². The van der Waals surface area contributed by atoms with Crippen molar-refractivity contribution in [3.05, 3.63) is 29.8 Å². The van der Waals surface area contributed by atoms with Crippen molar-refractivity contribution < 1.29 is 22.0 Å². The summed E-state index contributed by atoms with van der Waals surface area (Å²) in [6.45, 7) is 0. The average Bonchev–Trinajstić information content (AvgIpc) is 2.45. The molecule has 1 amide bonds. The lowest BCUT2D eigenvalue weighted by molar-refractivity contribution is -0.0490. The molecular formula is C15H19F2NO3S. The molecule has 0 N–H and O–H groups in total. The predicted octanol–water partition coefficient (Wildman–Crippen LogP) is 2.74. The zero-order chi connectivity index (χ0) is 16.5. The van der Waals surface area contributed by atoms with Crippen LogP contribution < -0.4 is 0 Å². The fourth-order valence-electron chi connectivity index (χ4n) is 2.73. The van der Waals surface area contributed by atoms with Crippen molar-refractivity contribution in [2.45, 2.75) is 42.5 Å². The smallest absolute Gasteiger partial charge is 0.255 e. The van der Waals surface area contributed by atoms with Crippen LogP contribution in [0.1, 0.15) is 36.0 Å². The first-order valence-corrected chi connectivity index (χ1v) is 8.95. The minimum Gasteiger partial charge on any atom is -0.339 e. The third-order valence-corrected chi connectivity index (χ3v) is 5.23. The molecular weight excluding hydrogens is 312 g/mol. The molecule has 0 aliphatic heterocycles. The Kier molecular flexibility index (Phi) is 4.56. The molecule has 1 aliphatic rings. The summed E-state index contributed by atoms with van der Waals surface area (Å²) in [5.74, 6) is -3.11. The molecule has 0 bridgehead atoms. The summed E-state index contributed by atoms with van der Waals surface area (Å²) in [7, 11) is -1.99. The van der Waals surface area contributed by atoms with Gasteiger partial charge in [-0.05, 0) is 25.0 Å². The Hall–Kier alpha value is -1.50. The first-order valence-electron chi connectivity index (χ1n) is 7.06. The van der Waals surface area contributed by atoms with Crippen LogP contribution in [0.25, 0.3) is 0 Å². The predicted molar refractivity (Wildman–Crippen MR) is 78.8 cm³/mol. The molecule has 1 aromatic carbocycles. The number of carbonyl (C=O) groups is 1. The number of amides is 1. The van der Waals surface area contributed by atoms with E-state index in [1.165, 1.54) is 24.1 Å². The molecule has 1 aliphatic carbocycles. The topological polar surface area (TPSA) is 54.5 Å². The number of hydrogen-bond acceptors (Lipinski definition) is 3. The van der Waals surface area contributed by atoms with Crippen LogP contribution in [0.5, 0.6) is 0 Å². The van der Waals surface area contributed by atoms with E-state index in [1.807, 2.05) is 0 Å². The fourth-order valence-corrected chi connectivity index (χ4v) is 3.62. The van der Waals surface area contributed by atoms with Gasteiger partial charge in [-0.1, -0.05) is 12.1 Å². The quantitative estimate of drug-likeness (QED) is 0.856. The Morgan fingerprint density at radius 1 is 1.23 bits per heavy atom. The van der Waals surface area contributed by atoms with Crippen LogP contribution in [0.4, 0.5) is 8.78 Å². The molecule has 0 radical (unpaired) electrons. The van der Waals surface area contributed by atoms with Crippen LogP contribution in [0.2, 0.25) is 0 Å². The molecule has 22 heavy (non-hydrogen) atoms. The Morgan fingerprint density at radius 3 is 2.32 bits per heavy atom. The first kappa shape index (κ1) is 16.9. The zero-order valence-electron chi connectivity index (χ0n) is 12.6. The lowest BCUT2D eigenvalue weighted by Crippen LogP contribution is -2.42. The van der Waals surface area contributed by atoms with E-state index in [0.717, 1.165) is 6.26 Å². The number of alkyl halides is 2. The maximum Gasteiger partial charge on any atom is 0.255 e. The molecule has 0 aromatic heterocycles. The maximum atomic E-state index is 13.2. The van der Waals surface area contributed by atoms with Gasteiger partial charge in [-0.15, -0.1) is 0 Å². The summed E-state index contributed by atoms with van der Waals surface area (Å²) in [5.41, 5.74) is 0.0878. The van der Waals surface area contributed by atoms with E-state index in [2.05, 4.69) is 0 Å². The van der Waals surface area contributed by atoms with E-state index in [-0.39, 0.29) is 42.2 Å². The van der Waals surface area contributed by atoms with Crippen LogP contribution in [0.15, 0.2) is 29.2 Å². The van der Waals surface area contributed by atoms with Crippen LogP contribution in [0, 0.1) is 0 Å². The molecule has 0 saturated heterocycles. The molecule has 1 fully saturated rings. The van der Waals surface area contributed by atoms with E-state index < -0.39 is 21.7 Å². The summed E-state index contributed by atoms with van der Waals surface area (Å²) in [4.78, 5) is 13.9. The minimum atomic E-state index is -3.53. The molecule has 1 saturated carbocycles. The van der Waals surface area contributed by atoms with Crippen molar-refractivity contribution >= 4 is 15.7 Å². The van der Waals surface area contributed by atoms with Crippen LogP contribution in [-0.2, 0) is 9.84 Å². The van der Waals surface area contributed by atoms with Gasteiger partial charge in [0.25, 0.3) is 5.91 Å². The summed E-state index contributed by atoms with van der Waals surface area (Å²) in [6, 6.07) is 5.68. The number of halogens is 2. The lowest BCUT2D eigenvalue weighted by atomic mass is 9.91. The summed E-state index contributed by atoms with van der Waals surface area (Å²) < 4.78 is 50.0. The average molecular weight is 331 g/mol. The number of rotatable bonds is 3. The lowest BCUT2D eigenvalue weighted by Gasteiger charge is -2.34. The molecule has 7 heteroatoms. The van der Waals surface area contributed by atoms with Crippen LogP contribution in [-0.4, -0.2) is 44.5 Å². The van der Waals surface area contributed by atoms with E-state index in [9.17, 15) is 22.0 Å². The van der Waals surface area contributed by atoms with E-state index in [0.29, 0.717) is 0 Å². The first-order chi connectivity index (χ1) is 10.1. The number of carbonyl (C=O) groups excluding carboxylic acids is 1. The fraction of sp³-hybridized carbons (Fsp3) is 0.533. The van der Waals surface area contributed by atoms with Crippen molar-refractivity contribution in [3.63, 3.8) is 0 Å². The van der Waals surface area contributed by atoms with Crippen molar-refractivity contribution in [2.75, 3.05) is 13.3 Å². The third-order valence-electron chi connectivity index (χ3n) is 4.07. The number of nitrogens with zero attached hydrogens (tertiary/aromatic N) is 1. The standard InChI is InChI=1S/C15H19F2NO3S/c1-18(11-7-9-15(16,17)10-8-11)14(19)12-5-3-4-6-13(12)22(2,20)21/h3-6,11H,7-10H2,1-2H3. The number of benzene rings is 1. The third kappa shape index (κ3) is 3.63. The highest BCUT2D eigenvalue weighted by atomic mass is 32.2. The van der Waals surface area contributed by atoms with E-state index in [4.69, 9.17) is 0 Å². The van der Waals surface area contributed by atoms with Crippen LogP contribution >= 0.6 is 0 Å². The van der Waals surface area contributed by atoms with Crippen molar-refractivity contribution in [1.82, 2.24) is 4.90 Å². The number of hydrogen-bond donors (Lipinski definition) is 0. The van der Waals surface area contributed by atoms with Gasteiger partial charge < -0.3 is 4.90 Å². The Bertz CT molecular complexity index is 663. The van der Waals surface area contributed by atoms with Gasteiger partial charge in [0.2, 0.25) is 5.92 Å². The van der Waals surface area contributed by atoms with E-state index in [1.54, 1.807) is 12.1 Å². The van der Waals surface area contributed by atoms with Crippen LogP contribution in [0.3, 0.4) is 0 Å². The van der Waals surface area contributed by atoms with E-state index >= 15 is 0 Å².